The lowest BCUT2D eigenvalue weighted by molar-refractivity contribution is -0.143. The van der Waals surface area contributed by atoms with E-state index in [2.05, 4.69) is 4.74 Å². The molecule has 0 aromatic heterocycles. The topological polar surface area (TPSA) is 76.1 Å². The van der Waals surface area contributed by atoms with Gasteiger partial charge < -0.3 is 19.5 Å². The van der Waals surface area contributed by atoms with Crippen molar-refractivity contribution < 1.29 is 33.0 Å². The number of rotatable bonds is 5. The predicted octanol–water partition coefficient (Wildman–Crippen LogP) is 2.23. The molecule has 23 heavy (non-hydrogen) atoms. The molecule has 0 unspecified atom stereocenters. The van der Waals surface area contributed by atoms with Crippen molar-refractivity contribution in [1.29, 1.82) is 0 Å². The Morgan fingerprint density at radius 2 is 1.96 bits per heavy atom. The van der Waals surface area contributed by atoms with Gasteiger partial charge in [0.2, 0.25) is 0 Å². The summed E-state index contributed by atoms with van der Waals surface area (Å²) in [6.45, 7) is -2.59. The molecule has 0 spiro atoms. The maximum Gasteiger partial charge on any atom is 0.387 e. The zero-order valence-electron chi connectivity index (χ0n) is 12.5. The molecule has 8 heteroatoms. The number of aliphatic carboxylic acids is 1. The third kappa shape index (κ3) is 3.88. The Bertz CT molecular complexity index is 585. The van der Waals surface area contributed by atoms with Crippen molar-refractivity contribution >= 4 is 11.9 Å². The standard InChI is InChI=1S/C15H17F2NO5/c1-22-11-4-2-3-10(12(11)23-15(16)17)13(19)18-7-5-9(6-8-18)14(20)21/h2-4,9,15H,5-8H2,1H3,(H,20,21). The highest BCUT2D eigenvalue weighted by Gasteiger charge is 2.30. The van der Waals surface area contributed by atoms with Crippen LogP contribution >= 0.6 is 0 Å². The first-order valence-electron chi connectivity index (χ1n) is 7.08. The van der Waals surface area contributed by atoms with E-state index in [1.165, 1.54) is 30.2 Å². The van der Waals surface area contributed by atoms with Gasteiger partial charge in [0.1, 0.15) is 0 Å². The number of hydrogen-bond donors (Lipinski definition) is 1. The van der Waals surface area contributed by atoms with Crippen molar-refractivity contribution in [3.05, 3.63) is 23.8 Å². The molecule has 126 valence electrons. The fourth-order valence-corrected chi connectivity index (χ4v) is 2.56. The van der Waals surface area contributed by atoms with Gasteiger partial charge in [-0.2, -0.15) is 8.78 Å². The van der Waals surface area contributed by atoms with E-state index in [0.29, 0.717) is 12.8 Å². The van der Waals surface area contributed by atoms with E-state index in [-0.39, 0.29) is 30.2 Å². The van der Waals surface area contributed by atoms with Crippen LogP contribution in [-0.4, -0.2) is 48.7 Å². The van der Waals surface area contributed by atoms with Crippen molar-refractivity contribution in [1.82, 2.24) is 4.90 Å². The van der Waals surface area contributed by atoms with Gasteiger partial charge in [-0.25, -0.2) is 0 Å². The molecule has 1 N–H and O–H groups in total. The van der Waals surface area contributed by atoms with Gasteiger partial charge in [0.05, 0.1) is 18.6 Å². The van der Waals surface area contributed by atoms with E-state index in [0.717, 1.165) is 0 Å². The molecule has 1 saturated heterocycles. The lowest BCUT2D eigenvalue weighted by Crippen LogP contribution is -2.40. The number of carboxylic acids is 1. The van der Waals surface area contributed by atoms with Crippen LogP contribution in [0.2, 0.25) is 0 Å². The minimum atomic E-state index is -3.09. The van der Waals surface area contributed by atoms with Crippen LogP contribution < -0.4 is 9.47 Å². The second kappa shape index (κ2) is 7.26. The van der Waals surface area contributed by atoms with Crippen molar-refractivity contribution in [2.75, 3.05) is 20.2 Å². The second-order valence-electron chi connectivity index (χ2n) is 5.12. The summed E-state index contributed by atoms with van der Waals surface area (Å²) in [6.07, 6.45) is 0.659. The number of amides is 1. The molecule has 0 saturated carbocycles. The molecule has 1 fully saturated rings. The number of alkyl halides is 2. The molecule has 0 atom stereocenters. The van der Waals surface area contributed by atoms with Crippen molar-refractivity contribution in [3.8, 4) is 11.5 Å². The average molecular weight is 329 g/mol. The number of hydrogen-bond acceptors (Lipinski definition) is 4. The van der Waals surface area contributed by atoms with E-state index in [1.807, 2.05) is 0 Å². The molecule has 1 amide bonds. The highest BCUT2D eigenvalue weighted by Crippen LogP contribution is 2.34. The summed E-state index contributed by atoms with van der Waals surface area (Å²) < 4.78 is 34.6. The lowest BCUT2D eigenvalue weighted by atomic mass is 9.96. The van der Waals surface area contributed by atoms with Gasteiger partial charge in [-0.1, -0.05) is 6.07 Å². The van der Waals surface area contributed by atoms with Gasteiger partial charge in [0.25, 0.3) is 5.91 Å². The van der Waals surface area contributed by atoms with E-state index < -0.39 is 24.4 Å². The Hall–Kier alpha value is -2.38. The quantitative estimate of drug-likeness (QED) is 0.896. The summed E-state index contributed by atoms with van der Waals surface area (Å²) in [6, 6.07) is 4.31. The summed E-state index contributed by atoms with van der Waals surface area (Å²) >= 11 is 0. The summed E-state index contributed by atoms with van der Waals surface area (Å²) in [5, 5.41) is 8.97. The molecular formula is C15H17F2NO5. The van der Waals surface area contributed by atoms with Crippen LogP contribution in [0.1, 0.15) is 23.2 Å². The van der Waals surface area contributed by atoms with Crippen LogP contribution in [0.15, 0.2) is 18.2 Å². The zero-order chi connectivity index (χ0) is 17.0. The van der Waals surface area contributed by atoms with Gasteiger partial charge >= 0.3 is 12.6 Å². The highest BCUT2D eigenvalue weighted by molar-refractivity contribution is 5.98. The molecule has 6 nitrogen and oxygen atoms in total. The molecule has 1 aromatic carbocycles. The first kappa shape index (κ1) is 17.0. The van der Waals surface area contributed by atoms with Gasteiger partial charge in [-0.15, -0.1) is 0 Å². The van der Waals surface area contributed by atoms with E-state index in [4.69, 9.17) is 9.84 Å². The van der Waals surface area contributed by atoms with Crippen LogP contribution in [0.4, 0.5) is 8.78 Å². The van der Waals surface area contributed by atoms with Gasteiger partial charge in [-0.05, 0) is 25.0 Å². The van der Waals surface area contributed by atoms with Gasteiger partial charge in [0.15, 0.2) is 11.5 Å². The maximum atomic E-state index is 12.6. The van der Waals surface area contributed by atoms with Crippen LogP contribution in [0, 0.1) is 5.92 Å². The van der Waals surface area contributed by atoms with E-state index in [9.17, 15) is 18.4 Å². The minimum Gasteiger partial charge on any atom is -0.493 e. The molecule has 2 rings (SSSR count). The summed E-state index contributed by atoms with van der Waals surface area (Å²) in [4.78, 5) is 24.9. The summed E-state index contributed by atoms with van der Waals surface area (Å²) in [5.41, 5.74) is -0.0292. The Morgan fingerprint density at radius 3 is 2.48 bits per heavy atom. The first-order valence-corrected chi connectivity index (χ1v) is 7.08. The highest BCUT2D eigenvalue weighted by atomic mass is 19.3. The number of likely N-dealkylation sites (tertiary alicyclic amines) is 1. The SMILES string of the molecule is COc1cccc(C(=O)N2CCC(C(=O)O)CC2)c1OC(F)F. The van der Waals surface area contributed by atoms with Crippen LogP contribution in [-0.2, 0) is 4.79 Å². The largest absolute Gasteiger partial charge is 0.493 e. The average Bonchev–Trinajstić information content (AvgIpc) is 2.54. The van der Waals surface area contributed by atoms with Gasteiger partial charge in [0, 0.05) is 13.1 Å². The molecule has 1 heterocycles. The monoisotopic (exact) mass is 329 g/mol. The number of ether oxygens (including phenoxy) is 2. The van der Waals surface area contributed by atoms with Crippen LogP contribution in [0.5, 0.6) is 11.5 Å². The lowest BCUT2D eigenvalue weighted by Gasteiger charge is -2.30. The zero-order valence-corrected chi connectivity index (χ0v) is 12.5. The number of nitrogens with zero attached hydrogens (tertiary/aromatic N) is 1. The van der Waals surface area contributed by atoms with Gasteiger partial charge in [-0.3, -0.25) is 9.59 Å². The number of para-hydroxylation sites is 1. The predicted molar refractivity (Wildman–Crippen MR) is 75.9 cm³/mol. The molecule has 0 bridgehead atoms. The fraction of sp³-hybridized carbons (Fsp3) is 0.467. The number of carbonyl (C=O) groups excluding carboxylic acids is 1. The number of piperidine rings is 1. The number of carboxylic acid groups (broad SMARTS) is 1. The normalized spacial score (nSPS) is 15.6. The minimum absolute atomic E-state index is 0.0292. The molecule has 1 aromatic rings. The van der Waals surface area contributed by atoms with Crippen LogP contribution in [0.3, 0.4) is 0 Å². The number of methoxy groups -OCH3 is 1. The first-order chi connectivity index (χ1) is 10.9. The molecule has 0 radical (unpaired) electrons. The molecule has 1 aliphatic heterocycles. The van der Waals surface area contributed by atoms with Crippen molar-refractivity contribution in [2.24, 2.45) is 5.92 Å². The molecular weight excluding hydrogens is 312 g/mol. The number of carbonyl (C=O) groups is 2. The maximum absolute atomic E-state index is 12.6. The van der Waals surface area contributed by atoms with Crippen LogP contribution in [0.25, 0.3) is 0 Å². The smallest absolute Gasteiger partial charge is 0.387 e. The number of benzene rings is 1. The fourth-order valence-electron chi connectivity index (χ4n) is 2.56. The third-order valence-electron chi connectivity index (χ3n) is 3.77. The van der Waals surface area contributed by atoms with Crippen molar-refractivity contribution in [2.45, 2.75) is 19.5 Å². The Kier molecular flexibility index (Phi) is 5.36. The summed E-state index contributed by atoms with van der Waals surface area (Å²) in [7, 11) is 1.29. The second-order valence-corrected chi connectivity index (χ2v) is 5.12. The number of halogens is 2. The van der Waals surface area contributed by atoms with E-state index in [1.54, 1.807) is 0 Å². The Labute approximate surface area is 131 Å². The molecule has 1 aliphatic rings. The van der Waals surface area contributed by atoms with E-state index >= 15 is 0 Å². The third-order valence-corrected chi connectivity index (χ3v) is 3.77. The van der Waals surface area contributed by atoms with Crippen molar-refractivity contribution in [3.63, 3.8) is 0 Å². The molecule has 0 aliphatic carbocycles. The summed E-state index contributed by atoms with van der Waals surface area (Å²) in [5.74, 6) is -2.13. The Morgan fingerprint density at radius 1 is 1.30 bits per heavy atom. The Balaban J connectivity index is 2.21.